The Kier molecular flexibility index (Phi) is 6.93. The van der Waals surface area contributed by atoms with Crippen molar-refractivity contribution in [1.29, 1.82) is 0 Å². The summed E-state index contributed by atoms with van der Waals surface area (Å²) >= 11 is 0. The molecule has 6 nitrogen and oxygen atoms in total. The molecule has 1 saturated heterocycles. The number of urea groups is 1. The van der Waals surface area contributed by atoms with Gasteiger partial charge in [0.1, 0.15) is 5.75 Å². The molecule has 6 heteroatoms. The van der Waals surface area contributed by atoms with Gasteiger partial charge in [-0.3, -0.25) is 9.69 Å². The zero-order chi connectivity index (χ0) is 23.2. The average Bonchev–Trinajstić information content (AvgIpc) is 2.85. The molecule has 3 aromatic carbocycles. The average molecular weight is 444 g/mol. The number of rotatable bonds is 7. The van der Waals surface area contributed by atoms with Crippen LogP contribution in [0.25, 0.3) is 0 Å². The van der Waals surface area contributed by atoms with Crippen molar-refractivity contribution >= 4 is 23.3 Å². The molecular formula is C27H29N3O3. The number of anilines is 2. The van der Waals surface area contributed by atoms with E-state index in [1.807, 2.05) is 76.5 Å². The lowest BCUT2D eigenvalue weighted by Crippen LogP contribution is -2.50. The molecule has 33 heavy (non-hydrogen) atoms. The van der Waals surface area contributed by atoms with Crippen LogP contribution in [0.3, 0.4) is 0 Å². The van der Waals surface area contributed by atoms with Gasteiger partial charge in [-0.2, -0.15) is 0 Å². The number of hydrogen-bond donors (Lipinski definition) is 1. The van der Waals surface area contributed by atoms with E-state index in [1.165, 1.54) is 0 Å². The number of amides is 3. The van der Waals surface area contributed by atoms with E-state index in [9.17, 15) is 9.59 Å². The SMILES string of the molecule is COc1ccc(CC(=O)Nc2ccc(N3CCCN([C@H](C)c4ccccc4)C3=O)cc2)cc1. The molecule has 0 saturated carbocycles. The molecule has 0 radical (unpaired) electrons. The van der Waals surface area contributed by atoms with E-state index in [4.69, 9.17) is 4.74 Å². The monoisotopic (exact) mass is 443 g/mol. The van der Waals surface area contributed by atoms with Crippen molar-refractivity contribution in [3.63, 3.8) is 0 Å². The fourth-order valence-corrected chi connectivity index (χ4v) is 4.11. The molecule has 3 amide bonds. The van der Waals surface area contributed by atoms with Gasteiger partial charge in [-0.05, 0) is 60.9 Å². The predicted octanol–water partition coefficient (Wildman–Crippen LogP) is 5.27. The summed E-state index contributed by atoms with van der Waals surface area (Å²) in [5.41, 5.74) is 3.58. The first-order valence-corrected chi connectivity index (χ1v) is 11.2. The smallest absolute Gasteiger partial charge is 0.324 e. The number of ether oxygens (including phenoxy) is 1. The van der Waals surface area contributed by atoms with Gasteiger partial charge in [0.05, 0.1) is 19.6 Å². The molecule has 1 aliphatic rings. The molecule has 1 fully saturated rings. The third-order valence-electron chi connectivity index (χ3n) is 5.99. The Balaban J connectivity index is 1.38. The second kappa shape index (κ2) is 10.2. The highest BCUT2D eigenvalue weighted by Gasteiger charge is 2.30. The van der Waals surface area contributed by atoms with Crippen LogP contribution >= 0.6 is 0 Å². The van der Waals surface area contributed by atoms with Crippen LogP contribution in [-0.2, 0) is 11.2 Å². The molecule has 1 aliphatic heterocycles. The van der Waals surface area contributed by atoms with Gasteiger partial charge >= 0.3 is 6.03 Å². The summed E-state index contributed by atoms with van der Waals surface area (Å²) in [5.74, 6) is 0.670. The summed E-state index contributed by atoms with van der Waals surface area (Å²) in [6, 6.07) is 25.0. The van der Waals surface area contributed by atoms with E-state index in [-0.39, 0.29) is 24.4 Å². The third-order valence-corrected chi connectivity index (χ3v) is 5.99. The van der Waals surface area contributed by atoms with Gasteiger partial charge in [0.2, 0.25) is 5.91 Å². The van der Waals surface area contributed by atoms with E-state index in [0.717, 1.165) is 35.5 Å². The molecular weight excluding hydrogens is 414 g/mol. The minimum absolute atomic E-state index is 0.00824. The molecule has 4 rings (SSSR count). The fraction of sp³-hybridized carbons (Fsp3) is 0.259. The van der Waals surface area contributed by atoms with Gasteiger partial charge < -0.3 is 15.0 Å². The van der Waals surface area contributed by atoms with Crippen LogP contribution in [0.1, 0.15) is 30.5 Å². The Morgan fingerprint density at radius 1 is 0.970 bits per heavy atom. The van der Waals surface area contributed by atoms with Crippen LogP contribution < -0.4 is 15.0 Å². The number of nitrogens with zero attached hydrogens (tertiary/aromatic N) is 2. The summed E-state index contributed by atoms with van der Waals surface area (Å²) in [7, 11) is 1.62. The van der Waals surface area contributed by atoms with Crippen LogP contribution in [0, 0.1) is 0 Å². The molecule has 1 N–H and O–H groups in total. The first-order chi connectivity index (χ1) is 16.0. The minimum atomic E-state index is -0.0928. The van der Waals surface area contributed by atoms with Crippen molar-refractivity contribution in [2.75, 3.05) is 30.4 Å². The molecule has 0 spiro atoms. The van der Waals surface area contributed by atoms with Crippen molar-refractivity contribution in [2.24, 2.45) is 0 Å². The fourth-order valence-electron chi connectivity index (χ4n) is 4.11. The van der Waals surface area contributed by atoms with Crippen LogP contribution in [0.2, 0.25) is 0 Å². The molecule has 0 aliphatic carbocycles. The number of hydrogen-bond acceptors (Lipinski definition) is 3. The molecule has 0 unspecified atom stereocenters. The van der Waals surface area contributed by atoms with Crippen molar-refractivity contribution < 1.29 is 14.3 Å². The number of carbonyl (C=O) groups is 2. The Bertz CT molecular complexity index is 1080. The highest BCUT2D eigenvalue weighted by Crippen LogP contribution is 2.28. The van der Waals surface area contributed by atoms with E-state index < -0.39 is 0 Å². The summed E-state index contributed by atoms with van der Waals surface area (Å²) < 4.78 is 5.15. The number of carbonyl (C=O) groups excluding carboxylic acids is 2. The lowest BCUT2D eigenvalue weighted by Gasteiger charge is -2.39. The molecule has 0 bridgehead atoms. The minimum Gasteiger partial charge on any atom is -0.497 e. The zero-order valence-electron chi connectivity index (χ0n) is 19.0. The van der Waals surface area contributed by atoms with Crippen LogP contribution in [-0.4, -0.2) is 37.0 Å². The first-order valence-electron chi connectivity index (χ1n) is 11.2. The van der Waals surface area contributed by atoms with Gasteiger partial charge in [-0.15, -0.1) is 0 Å². The van der Waals surface area contributed by atoms with Crippen molar-refractivity contribution in [2.45, 2.75) is 25.8 Å². The maximum Gasteiger partial charge on any atom is 0.324 e. The maximum absolute atomic E-state index is 13.2. The lowest BCUT2D eigenvalue weighted by molar-refractivity contribution is -0.115. The van der Waals surface area contributed by atoms with Gasteiger partial charge in [-0.1, -0.05) is 42.5 Å². The maximum atomic E-state index is 13.2. The topological polar surface area (TPSA) is 61.9 Å². The van der Waals surface area contributed by atoms with Crippen LogP contribution in [0.4, 0.5) is 16.2 Å². The second-order valence-electron chi connectivity index (χ2n) is 8.19. The molecule has 1 heterocycles. The van der Waals surface area contributed by atoms with Crippen molar-refractivity contribution in [1.82, 2.24) is 4.90 Å². The normalized spacial score (nSPS) is 14.7. The zero-order valence-corrected chi connectivity index (χ0v) is 19.0. The highest BCUT2D eigenvalue weighted by atomic mass is 16.5. The molecule has 3 aromatic rings. The van der Waals surface area contributed by atoms with Gasteiger partial charge in [0, 0.05) is 24.5 Å². The van der Waals surface area contributed by atoms with Crippen LogP contribution in [0.5, 0.6) is 5.75 Å². The van der Waals surface area contributed by atoms with Gasteiger partial charge in [-0.25, -0.2) is 4.79 Å². The molecule has 170 valence electrons. The summed E-state index contributed by atoms with van der Waals surface area (Å²) in [6.45, 7) is 3.49. The second-order valence-corrected chi connectivity index (χ2v) is 8.19. The summed E-state index contributed by atoms with van der Waals surface area (Å²) in [6.07, 6.45) is 1.19. The van der Waals surface area contributed by atoms with Crippen molar-refractivity contribution in [3.8, 4) is 5.75 Å². The van der Waals surface area contributed by atoms with Gasteiger partial charge in [0.25, 0.3) is 0 Å². The van der Waals surface area contributed by atoms with E-state index in [2.05, 4.69) is 24.4 Å². The van der Waals surface area contributed by atoms with E-state index >= 15 is 0 Å². The predicted molar refractivity (Wildman–Crippen MR) is 131 cm³/mol. The Labute approximate surface area is 194 Å². The quantitative estimate of drug-likeness (QED) is 0.541. The van der Waals surface area contributed by atoms with Crippen molar-refractivity contribution in [3.05, 3.63) is 90.0 Å². The number of methoxy groups -OCH3 is 1. The summed E-state index contributed by atoms with van der Waals surface area (Å²) in [5, 5.41) is 2.92. The lowest BCUT2D eigenvalue weighted by atomic mass is 10.1. The van der Waals surface area contributed by atoms with Crippen LogP contribution in [0.15, 0.2) is 78.9 Å². The van der Waals surface area contributed by atoms with Gasteiger partial charge in [0.15, 0.2) is 0 Å². The molecule has 0 aromatic heterocycles. The molecule has 1 atom stereocenters. The summed E-state index contributed by atoms with van der Waals surface area (Å²) in [4.78, 5) is 29.4. The highest BCUT2D eigenvalue weighted by molar-refractivity contribution is 5.95. The Hall–Kier alpha value is -3.80. The van der Waals surface area contributed by atoms with E-state index in [0.29, 0.717) is 12.2 Å². The Morgan fingerprint density at radius 2 is 1.67 bits per heavy atom. The first kappa shape index (κ1) is 22.4. The standard InChI is InChI=1S/C27H29N3O3/c1-20(22-7-4-3-5-8-22)29-17-6-18-30(27(29)32)24-13-11-23(12-14-24)28-26(31)19-21-9-15-25(33-2)16-10-21/h3-5,7-16,20H,6,17-19H2,1-2H3,(H,28,31)/t20-/m1/s1. The van der Waals surface area contributed by atoms with E-state index in [1.54, 1.807) is 7.11 Å². The third kappa shape index (κ3) is 5.34. The number of benzene rings is 3. The number of nitrogens with one attached hydrogen (secondary N) is 1. The Morgan fingerprint density at radius 3 is 2.33 bits per heavy atom. The largest absolute Gasteiger partial charge is 0.497 e.